The minimum atomic E-state index is -0.366. The Labute approximate surface area is 154 Å². The summed E-state index contributed by atoms with van der Waals surface area (Å²) in [4.78, 5) is 28.5. The van der Waals surface area contributed by atoms with Crippen molar-refractivity contribution in [2.75, 3.05) is 20.8 Å². The molecule has 9 heteroatoms. The van der Waals surface area contributed by atoms with Crippen LogP contribution in [0.1, 0.15) is 11.4 Å². The van der Waals surface area contributed by atoms with Crippen LogP contribution >= 0.6 is 0 Å². The summed E-state index contributed by atoms with van der Waals surface area (Å²) in [5, 5.41) is 5.57. The van der Waals surface area contributed by atoms with Crippen molar-refractivity contribution in [2.45, 2.75) is 13.5 Å². The van der Waals surface area contributed by atoms with E-state index >= 15 is 0 Å². The molecule has 3 rings (SSSR count). The lowest BCUT2D eigenvalue weighted by atomic mass is 10.3. The quantitative estimate of drug-likeness (QED) is 0.642. The van der Waals surface area contributed by atoms with E-state index in [0.29, 0.717) is 28.6 Å². The van der Waals surface area contributed by atoms with Gasteiger partial charge in [-0.1, -0.05) is 6.07 Å². The monoisotopic (exact) mass is 372 g/mol. The van der Waals surface area contributed by atoms with E-state index in [1.807, 2.05) is 6.92 Å². The normalized spacial score (nSPS) is 10.6. The summed E-state index contributed by atoms with van der Waals surface area (Å²) in [7, 11) is 3.01. The standard InChI is InChI=1S/C18H20N4O5/c1-11-7-15-20-12(8-17(24)22(15)21-11)9-19-16(23)10-27-18-13(25-2)5-4-6-14(18)26-3/h4-8,21H,9-10H2,1-3H3,(H,19,23). The molecule has 0 saturated carbocycles. The van der Waals surface area contributed by atoms with Gasteiger partial charge in [-0.2, -0.15) is 0 Å². The molecular weight excluding hydrogens is 352 g/mol. The SMILES string of the molecule is COc1cccc(OC)c1OCC(=O)NCc1cc(=O)n2[nH]c(C)cc2n1. The summed E-state index contributed by atoms with van der Waals surface area (Å²) in [6.45, 7) is 1.71. The molecule has 2 N–H and O–H groups in total. The molecular formula is C18H20N4O5. The first-order chi connectivity index (χ1) is 13.0. The largest absolute Gasteiger partial charge is 0.493 e. The second-order valence-corrected chi connectivity index (χ2v) is 5.78. The lowest BCUT2D eigenvalue weighted by molar-refractivity contribution is -0.123. The van der Waals surface area contributed by atoms with E-state index in [4.69, 9.17) is 14.2 Å². The molecule has 142 valence electrons. The van der Waals surface area contributed by atoms with Crippen molar-refractivity contribution in [2.24, 2.45) is 0 Å². The topological polar surface area (TPSA) is 107 Å². The van der Waals surface area contributed by atoms with Gasteiger partial charge in [-0.05, 0) is 19.1 Å². The Kier molecular flexibility index (Phi) is 5.30. The number of carbonyl (C=O) groups excluding carboxylic acids is 1. The van der Waals surface area contributed by atoms with Crippen LogP contribution in [0.25, 0.3) is 5.65 Å². The van der Waals surface area contributed by atoms with Crippen molar-refractivity contribution >= 4 is 11.6 Å². The Balaban J connectivity index is 1.63. The zero-order valence-corrected chi connectivity index (χ0v) is 15.2. The van der Waals surface area contributed by atoms with Crippen molar-refractivity contribution in [3.63, 3.8) is 0 Å². The van der Waals surface area contributed by atoms with Gasteiger partial charge in [0.2, 0.25) is 5.75 Å². The number of rotatable bonds is 7. The van der Waals surface area contributed by atoms with Gasteiger partial charge < -0.3 is 19.5 Å². The van der Waals surface area contributed by atoms with Crippen LogP contribution in [-0.2, 0) is 11.3 Å². The van der Waals surface area contributed by atoms with Crippen molar-refractivity contribution in [1.82, 2.24) is 19.9 Å². The van der Waals surface area contributed by atoms with Crippen LogP contribution in [0.15, 0.2) is 35.1 Å². The van der Waals surface area contributed by atoms with Crippen LogP contribution in [0.3, 0.4) is 0 Å². The van der Waals surface area contributed by atoms with Gasteiger partial charge in [-0.3, -0.25) is 14.7 Å². The van der Waals surface area contributed by atoms with Crippen LogP contribution in [-0.4, -0.2) is 41.3 Å². The second-order valence-electron chi connectivity index (χ2n) is 5.78. The number of nitrogens with zero attached hydrogens (tertiary/aromatic N) is 2. The van der Waals surface area contributed by atoms with Crippen molar-refractivity contribution in [3.8, 4) is 17.2 Å². The van der Waals surface area contributed by atoms with Gasteiger partial charge in [0.15, 0.2) is 23.8 Å². The van der Waals surface area contributed by atoms with E-state index in [2.05, 4.69) is 15.4 Å². The summed E-state index contributed by atoms with van der Waals surface area (Å²) in [5.74, 6) is 0.906. The maximum absolute atomic E-state index is 12.1. The van der Waals surface area contributed by atoms with E-state index in [1.54, 1.807) is 24.3 Å². The van der Waals surface area contributed by atoms with E-state index in [0.717, 1.165) is 5.69 Å². The predicted molar refractivity (Wildman–Crippen MR) is 97.4 cm³/mol. The van der Waals surface area contributed by atoms with Gasteiger partial charge in [0.05, 0.1) is 26.5 Å². The molecule has 27 heavy (non-hydrogen) atoms. The number of H-pyrrole nitrogens is 1. The number of para-hydroxylation sites is 1. The number of hydrogen-bond acceptors (Lipinski definition) is 6. The summed E-state index contributed by atoms with van der Waals surface area (Å²) in [5.41, 5.74) is 1.54. The maximum atomic E-state index is 12.1. The molecule has 1 amide bonds. The first kappa shape index (κ1) is 18.3. The number of aromatic amines is 1. The molecule has 2 heterocycles. The second kappa shape index (κ2) is 7.81. The maximum Gasteiger partial charge on any atom is 0.272 e. The number of nitrogens with one attached hydrogen (secondary N) is 2. The molecule has 0 fully saturated rings. The highest BCUT2D eigenvalue weighted by atomic mass is 16.5. The van der Waals surface area contributed by atoms with Crippen molar-refractivity contribution in [3.05, 3.63) is 52.1 Å². The number of carbonyl (C=O) groups is 1. The van der Waals surface area contributed by atoms with E-state index < -0.39 is 0 Å². The number of ether oxygens (including phenoxy) is 3. The number of methoxy groups -OCH3 is 2. The fraction of sp³-hybridized carbons (Fsp3) is 0.278. The molecule has 0 aliphatic carbocycles. The average molecular weight is 372 g/mol. The highest BCUT2D eigenvalue weighted by Gasteiger charge is 2.13. The Morgan fingerprint density at radius 3 is 2.59 bits per heavy atom. The van der Waals surface area contributed by atoms with Gasteiger partial charge in [0, 0.05) is 17.8 Å². The number of fused-ring (bicyclic) bond motifs is 1. The number of amides is 1. The van der Waals surface area contributed by atoms with Crippen molar-refractivity contribution in [1.29, 1.82) is 0 Å². The summed E-state index contributed by atoms with van der Waals surface area (Å²) < 4.78 is 17.3. The van der Waals surface area contributed by atoms with E-state index in [9.17, 15) is 9.59 Å². The predicted octanol–water partition coefficient (Wildman–Crippen LogP) is 1.04. The van der Waals surface area contributed by atoms with Gasteiger partial charge in [0.1, 0.15) is 0 Å². The van der Waals surface area contributed by atoms with Gasteiger partial charge in [-0.25, -0.2) is 9.50 Å². The number of aryl methyl sites for hydroxylation is 1. The molecule has 0 atom stereocenters. The third kappa shape index (κ3) is 4.02. The molecule has 3 aromatic rings. The van der Waals surface area contributed by atoms with Crippen LogP contribution in [0, 0.1) is 6.92 Å². The fourth-order valence-electron chi connectivity index (χ4n) is 2.59. The molecule has 2 aromatic heterocycles. The summed E-state index contributed by atoms with van der Waals surface area (Å²) in [6, 6.07) is 8.30. The van der Waals surface area contributed by atoms with Crippen molar-refractivity contribution < 1.29 is 19.0 Å². The van der Waals surface area contributed by atoms with Crippen LogP contribution in [0.2, 0.25) is 0 Å². The Morgan fingerprint density at radius 2 is 1.93 bits per heavy atom. The summed E-state index contributed by atoms with van der Waals surface area (Å²) >= 11 is 0. The van der Waals surface area contributed by atoms with E-state index in [-0.39, 0.29) is 24.6 Å². The molecule has 9 nitrogen and oxygen atoms in total. The molecule has 0 bridgehead atoms. The fourth-order valence-corrected chi connectivity index (χ4v) is 2.59. The summed E-state index contributed by atoms with van der Waals surface area (Å²) in [6.07, 6.45) is 0. The third-order valence-corrected chi connectivity index (χ3v) is 3.83. The Morgan fingerprint density at radius 1 is 1.22 bits per heavy atom. The number of benzene rings is 1. The van der Waals surface area contributed by atoms with Gasteiger partial charge >= 0.3 is 0 Å². The molecule has 0 radical (unpaired) electrons. The highest BCUT2D eigenvalue weighted by molar-refractivity contribution is 5.77. The molecule has 1 aromatic carbocycles. The third-order valence-electron chi connectivity index (χ3n) is 3.83. The number of hydrogen-bond donors (Lipinski definition) is 2. The zero-order chi connectivity index (χ0) is 19.4. The Bertz CT molecular complexity index is 1000. The van der Waals surface area contributed by atoms with Crippen LogP contribution in [0.5, 0.6) is 17.2 Å². The van der Waals surface area contributed by atoms with E-state index in [1.165, 1.54) is 24.8 Å². The zero-order valence-electron chi connectivity index (χ0n) is 15.2. The molecule has 0 saturated heterocycles. The minimum absolute atomic E-state index is 0.112. The molecule has 0 spiro atoms. The molecule has 0 aliphatic rings. The average Bonchev–Trinajstić information content (AvgIpc) is 3.05. The van der Waals surface area contributed by atoms with Crippen LogP contribution < -0.4 is 25.1 Å². The Hall–Kier alpha value is -3.49. The van der Waals surface area contributed by atoms with Gasteiger partial charge in [-0.15, -0.1) is 0 Å². The lowest BCUT2D eigenvalue weighted by Gasteiger charge is -2.13. The highest BCUT2D eigenvalue weighted by Crippen LogP contribution is 2.36. The lowest BCUT2D eigenvalue weighted by Crippen LogP contribution is -2.29. The minimum Gasteiger partial charge on any atom is -0.493 e. The smallest absolute Gasteiger partial charge is 0.272 e. The molecule has 0 unspecified atom stereocenters. The molecule has 0 aliphatic heterocycles. The van der Waals surface area contributed by atoms with Gasteiger partial charge in [0.25, 0.3) is 11.5 Å². The number of aromatic nitrogens is 3. The first-order valence-corrected chi connectivity index (χ1v) is 8.20. The first-order valence-electron chi connectivity index (χ1n) is 8.20. The van der Waals surface area contributed by atoms with Crippen LogP contribution in [0.4, 0.5) is 0 Å².